The second-order valence-electron chi connectivity index (χ2n) is 4.13. The first-order chi connectivity index (χ1) is 7.29. The average molecular weight is 241 g/mol. The first-order valence-electron chi connectivity index (χ1n) is 5.64. The smallest absolute Gasteiger partial charge is 0.377 e. The van der Waals surface area contributed by atoms with Crippen LogP contribution >= 0.6 is 0 Å². The van der Waals surface area contributed by atoms with Crippen LogP contribution in [-0.2, 0) is 4.74 Å². The Morgan fingerprint density at radius 3 is 2.12 bits per heavy atom. The number of ether oxygens (including phenoxy) is 1. The summed E-state index contributed by atoms with van der Waals surface area (Å²) in [6, 6.07) is -0.269. The number of halogens is 3. The molecule has 2 unspecified atom stereocenters. The van der Waals surface area contributed by atoms with Crippen LogP contribution in [0.5, 0.6) is 0 Å². The van der Waals surface area contributed by atoms with E-state index >= 15 is 0 Å². The van der Waals surface area contributed by atoms with Crippen molar-refractivity contribution in [1.29, 1.82) is 0 Å². The van der Waals surface area contributed by atoms with E-state index in [4.69, 9.17) is 4.74 Å². The highest BCUT2D eigenvalue weighted by Crippen LogP contribution is 2.28. The third-order valence-corrected chi connectivity index (χ3v) is 3.07. The molecule has 2 atom stereocenters. The van der Waals surface area contributed by atoms with Gasteiger partial charge in [-0.3, -0.25) is 0 Å². The van der Waals surface area contributed by atoms with E-state index < -0.39 is 18.2 Å². The molecule has 0 amide bonds. The Bertz CT molecular complexity index is 190. The lowest BCUT2D eigenvalue weighted by atomic mass is 9.89. The molecule has 0 aliphatic carbocycles. The summed E-state index contributed by atoms with van der Waals surface area (Å²) >= 11 is 0. The van der Waals surface area contributed by atoms with Gasteiger partial charge in [0.25, 0.3) is 0 Å². The van der Waals surface area contributed by atoms with Crippen LogP contribution in [0.15, 0.2) is 0 Å². The van der Waals surface area contributed by atoms with Gasteiger partial charge in [0.05, 0.1) is 5.60 Å². The second kappa shape index (κ2) is 6.45. The normalized spacial score (nSPS) is 18.2. The van der Waals surface area contributed by atoms with Crippen LogP contribution < -0.4 is 5.32 Å². The molecule has 0 saturated carbocycles. The summed E-state index contributed by atoms with van der Waals surface area (Å²) in [6.07, 6.45) is -4.14. The molecule has 16 heavy (non-hydrogen) atoms. The van der Waals surface area contributed by atoms with E-state index in [9.17, 15) is 13.2 Å². The van der Waals surface area contributed by atoms with Crippen LogP contribution in [0, 0.1) is 0 Å². The number of likely N-dealkylation sites (N-methyl/N-ethyl adjacent to an activating group) is 1. The van der Waals surface area contributed by atoms with Gasteiger partial charge in [0.2, 0.25) is 0 Å². The minimum Gasteiger partial charge on any atom is -0.377 e. The molecule has 0 aliphatic heterocycles. The van der Waals surface area contributed by atoms with Crippen LogP contribution in [-0.4, -0.2) is 31.5 Å². The van der Waals surface area contributed by atoms with Crippen LogP contribution in [0.2, 0.25) is 0 Å². The van der Waals surface area contributed by atoms with Gasteiger partial charge in [-0.05, 0) is 26.3 Å². The highest BCUT2D eigenvalue weighted by Gasteiger charge is 2.36. The molecule has 0 aromatic carbocycles. The number of hydrogen-bond acceptors (Lipinski definition) is 2. The number of nitrogens with one attached hydrogen (secondary N) is 1. The van der Waals surface area contributed by atoms with Gasteiger partial charge < -0.3 is 10.1 Å². The fraction of sp³-hybridized carbons (Fsp3) is 1.00. The van der Waals surface area contributed by atoms with Crippen LogP contribution in [0.3, 0.4) is 0 Å². The zero-order chi connectivity index (χ0) is 12.8. The standard InChI is InChI=1S/C11H22F3NO/c1-5-10(3,16-4)9(15-6-2)7-8-11(12,13)14/h9,15H,5-8H2,1-4H3. The van der Waals surface area contributed by atoms with Crippen LogP contribution in [0.25, 0.3) is 0 Å². The number of rotatable bonds is 7. The zero-order valence-corrected chi connectivity index (χ0v) is 10.4. The molecule has 0 aromatic heterocycles. The minimum atomic E-state index is -4.10. The lowest BCUT2D eigenvalue weighted by Gasteiger charge is -2.36. The monoisotopic (exact) mass is 241 g/mol. The Hall–Kier alpha value is -0.290. The summed E-state index contributed by atoms with van der Waals surface area (Å²) < 4.78 is 41.9. The first-order valence-corrected chi connectivity index (χ1v) is 5.64. The van der Waals surface area contributed by atoms with Gasteiger partial charge in [-0.15, -0.1) is 0 Å². The molecule has 0 bridgehead atoms. The maximum absolute atomic E-state index is 12.2. The Kier molecular flexibility index (Phi) is 6.33. The van der Waals surface area contributed by atoms with Crippen molar-refractivity contribution in [2.24, 2.45) is 0 Å². The molecule has 0 aliphatic rings. The summed E-state index contributed by atoms with van der Waals surface area (Å²) in [5.74, 6) is 0. The number of alkyl halides is 3. The van der Waals surface area contributed by atoms with Gasteiger partial charge in [-0.1, -0.05) is 13.8 Å². The van der Waals surface area contributed by atoms with Crippen molar-refractivity contribution in [1.82, 2.24) is 5.32 Å². The van der Waals surface area contributed by atoms with Crippen LogP contribution in [0.1, 0.15) is 40.0 Å². The Balaban J connectivity index is 4.47. The summed E-state index contributed by atoms with van der Waals surface area (Å²) in [6.45, 7) is 6.28. The highest BCUT2D eigenvalue weighted by molar-refractivity contribution is 4.88. The third-order valence-electron chi connectivity index (χ3n) is 3.07. The van der Waals surface area contributed by atoms with Crippen molar-refractivity contribution in [2.75, 3.05) is 13.7 Å². The molecule has 0 radical (unpaired) electrons. The summed E-state index contributed by atoms with van der Waals surface area (Å²) in [7, 11) is 1.54. The Morgan fingerprint density at radius 2 is 1.81 bits per heavy atom. The van der Waals surface area contributed by atoms with E-state index in [1.54, 1.807) is 7.11 Å². The lowest BCUT2D eigenvalue weighted by Crippen LogP contribution is -2.50. The van der Waals surface area contributed by atoms with Crippen molar-refractivity contribution in [3.8, 4) is 0 Å². The van der Waals surface area contributed by atoms with E-state index in [1.165, 1.54) is 0 Å². The molecule has 1 N–H and O–H groups in total. The SMILES string of the molecule is CCNC(CCC(F)(F)F)C(C)(CC)OC. The Labute approximate surface area is 95.5 Å². The van der Waals surface area contributed by atoms with Crippen molar-refractivity contribution < 1.29 is 17.9 Å². The zero-order valence-electron chi connectivity index (χ0n) is 10.4. The molecule has 0 saturated heterocycles. The fourth-order valence-electron chi connectivity index (χ4n) is 1.71. The van der Waals surface area contributed by atoms with Gasteiger partial charge in [-0.25, -0.2) is 0 Å². The van der Waals surface area contributed by atoms with Gasteiger partial charge >= 0.3 is 6.18 Å². The fourth-order valence-corrected chi connectivity index (χ4v) is 1.71. The molecule has 0 heterocycles. The van der Waals surface area contributed by atoms with E-state index in [0.29, 0.717) is 13.0 Å². The molecule has 2 nitrogen and oxygen atoms in total. The van der Waals surface area contributed by atoms with Crippen molar-refractivity contribution in [3.05, 3.63) is 0 Å². The van der Waals surface area contributed by atoms with Crippen molar-refractivity contribution in [3.63, 3.8) is 0 Å². The van der Waals surface area contributed by atoms with E-state index in [2.05, 4.69) is 5.32 Å². The average Bonchev–Trinajstić information content (AvgIpc) is 2.21. The molecule has 5 heteroatoms. The quantitative estimate of drug-likeness (QED) is 0.739. The first kappa shape index (κ1) is 15.7. The largest absolute Gasteiger partial charge is 0.389 e. The third kappa shape index (κ3) is 5.16. The molecule has 0 fully saturated rings. The molecular formula is C11H22F3NO. The van der Waals surface area contributed by atoms with Crippen molar-refractivity contribution >= 4 is 0 Å². The summed E-state index contributed by atoms with van der Waals surface area (Å²) in [4.78, 5) is 0. The molecule has 0 rings (SSSR count). The predicted octanol–water partition coefficient (Wildman–Crippen LogP) is 3.12. The van der Waals surface area contributed by atoms with Gasteiger partial charge in [-0.2, -0.15) is 13.2 Å². The maximum atomic E-state index is 12.2. The molecule has 0 aromatic rings. The predicted molar refractivity (Wildman–Crippen MR) is 58.5 cm³/mol. The number of hydrogen-bond donors (Lipinski definition) is 1. The van der Waals surface area contributed by atoms with Crippen molar-refractivity contribution in [2.45, 2.75) is 57.9 Å². The van der Waals surface area contributed by atoms with Crippen LogP contribution in [0.4, 0.5) is 13.2 Å². The second-order valence-corrected chi connectivity index (χ2v) is 4.13. The van der Waals surface area contributed by atoms with E-state index in [0.717, 1.165) is 0 Å². The summed E-state index contributed by atoms with van der Waals surface area (Å²) in [5, 5.41) is 3.07. The highest BCUT2D eigenvalue weighted by atomic mass is 19.4. The van der Waals surface area contributed by atoms with Gasteiger partial charge in [0, 0.05) is 19.6 Å². The summed E-state index contributed by atoms with van der Waals surface area (Å²) in [5.41, 5.74) is -0.540. The van der Waals surface area contributed by atoms with E-state index in [-0.39, 0.29) is 12.5 Å². The topological polar surface area (TPSA) is 21.3 Å². The minimum absolute atomic E-state index is 0.0511. The van der Waals surface area contributed by atoms with Gasteiger partial charge in [0.15, 0.2) is 0 Å². The molecular weight excluding hydrogens is 219 g/mol. The maximum Gasteiger partial charge on any atom is 0.389 e. The number of methoxy groups -OCH3 is 1. The molecule has 98 valence electrons. The van der Waals surface area contributed by atoms with Gasteiger partial charge in [0.1, 0.15) is 0 Å². The molecule has 0 spiro atoms. The Morgan fingerprint density at radius 1 is 1.25 bits per heavy atom. The van der Waals surface area contributed by atoms with E-state index in [1.807, 2.05) is 20.8 Å². The lowest BCUT2D eigenvalue weighted by molar-refractivity contribution is -0.141.